The predicted octanol–water partition coefficient (Wildman–Crippen LogP) is 0.667. The molecule has 0 bridgehead atoms. The van der Waals surface area contributed by atoms with Crippen molar-refractivity contribution in [2.24, 2.45) is 0 Å². The van der Waals surface area contributed by atoms with Crippen LogP contribution in [0.5, 0.6) is 0 Å². The molecule has 0 unspecified atom stereocenters. The highest BCUT2D eigenvalue weighted by atomic mass is 19.3. The summed E-state index contributed by atoms with van der Waals surface area (Å²) in [5, 5.41) is 0. The highest BCUT2D eigenvalue weighted by molar-refractivity contribution is 4.66. The normalized spacial score (nSPS) is 25.0. The molecular formula is C5H8F2O2. The summed E-state index contributed by atoms with van der Waals surface area (Å²) in [7, 11) is 0. The molecule has 1 saturated heterocycles. The van der Waals surface area contributed by atoms with E-state index >= 15 is 0 Å². The molecule has 1 aliphatic heterocycles. The van der Waals surface area contributed by atoms with Crippen LogP contribution in [0, 0.1) is 0 Å². The van der Waals surface area contributed by atoms with E-state index in [9.17, 15) is 8.78 Å². The molecule has 0 saturated carbocycles. The van der Waals surface area contributed by atoms with Crippen LogP contribution in [0.15, 0.2) is 0 Å². The van der Waals surface area contributed by atoms with Crippen LogP contribution in [-0.4, -0.2) is 32.4 Å². The Kier molecular flexibility index (Phi) is 2.36. The van der Waals surface area contributed by atoms with E-state index in [4.69, 9.17) is 4.74 Å². The molecular weight excluding hydrogens is 130 g/mol. The van der Waals surface area contributed by atoms with Gasteiger partial charge in [-0.2, -0.15) is 0 Å². The van der Waals surface area contributed by atoms with Crippen LogP contribution in [0.1, 0.15) is 0 Å². The van der Waals surface area contributed by atoms with Crippen LogP contribution in [0.3, 0.4) is 0 Å². The molecule has 0 spiro atoms. The summed E-state index contributed by atoms with van der Waals surface area (Å²) < 4.78 is 31.9. The van der Waals surface area contributed by atoms with Crippen molar-refractivity contribution >= 4 is 0 Å². The lowest BCUT2D eigenvalue weighted by Gasteiger charge is -1.98. The van der Waals surface area contributed by atoms with Gasteiger partial charge in [-0.1, -0.05) is 0 Å². The van der Waals surface area contributed by atoms with Gasteiger partial charge in [-0.3, -0.25) is 0 Å². The summed E-state index contributed by atoms with van der Waals surface area (Å²) in [5.41, 5.74) is 0. The molecule has 0 aromatic rings. The van der Waals surface area contributed by atoms with Crippen molar-refractivity contribution in [2.75, 3.05) is 19.8 Å². The second-order valence-electron chi connectivity index (χ2n) is 1.88. The van der Waals surface area contributed by atoms with Crippen LogP contribution in [0.2, 0.25) is 0 Å². The first kappa shape index (κ1) is 6.89. The molecule has 0 radical (unpaired) electrons. The summed E-state index contributed by atoms with van der Waals surface area (Å²) in [6, 6.07) is 0. The molecule has 1 rings (SSSR count). The molecule has 1 fully saturated rings. The van der Waals surface area contributed by atoms with Crippen LogP contribution in [-0.2, 0) is 9.47 Å². The summed E-state index contributed by atoms with van der Waals surface area (Å²) in [6.07, 6.45) is -2.27. The fourth-order valence-electron chi connectivity index (χ4n) is 0.453. The van der Waals surface area contributed by atoms with Gasteiger partial charge in [0, 0.05) is 0 Å². The van der Waals surface area contributed by atoms with Crippen molar-refractivity contribution in [1.82, 2.24) is 0 Å². The van der Waals surface area contributed by atoms with Crippen LogP contribution in [0.25, 0.3) is 0 Å². The van der Waals surface area contributed by atoms with E-state index in [2.05, 4.69) is 4.74 Å². The molecule has 1 heterocycles. The smallest absolute Gasteiger partial charge is 0.261 e. The zero-order valence-electron chi connectivity index (χ0n) is 4.85. The van der Waals surface area contributed by atoms with E-state index in [1.807, 2.05) is 0 Å². The number of hydrogen-bond acceptors (Lipinski definition) is 2. The van der Waals surface area contributed by atoms with E-state index < -0.39 is 13.0 Å². The minimum Gasteiger partial charge on any atom is -0.373 e. The summed E-state index contributed by atoms with van der Waals surface area (Å²) in [6.45, 7) is 0.493. The Balaban J connectivity index is 1.81. The number of epoxide rings is 1. The van der Waals surface area contributed by atoms with Gasteiger partial charge >= 0.3 is 0 Å². The third-order valence-electron chi connectivity index (χ3n) is 0.950. The van der Waals surface area contributed by atoms with Crippen LogP contribution >= 0.6 is 0 Å². The zero-order valence-corrected chi connectivity index (χ0v) is 4.85. The van der Waals surface area contributed by atoms with Crippen molar-refractivity contribution in [1.29, 1.82) is 0 Å². The summed E-state index contributed by atoms with van der Waals surface area (Å²) >= 11 is 0. The van der Waals surface area contributed by atoms with Crippen molar-refractivity contribution in [3.63, 3.8) is 0 Å². The maximum Gasteiger partial charge on any atom is 0.261 e. The van der Waals surface area contributed by atoms with Crippen molar-refractivity contribution < 1.29 is 18.3 Å². The van der Waals surface area contributed by atoms with Crippen molar-refractivity contribution in [3.05, 3.63) is 0 Å². The first-order chi connectivity index (χ1) is 4.29. The van der Waals surface area contributed by atoms with Gasteiger partial charge in [0.15, 0.2) is 0 Å². The number of hydrogen-bond donors (Lipinski definition) is 0. The van der Waals surface area contributed by atoms with Gasteiger partial charge in [-0.25, -0.2) is 8.78 Å². The molecule has 9 heavy (non-hydrogen) atoms. The third kappa shape index (κ3) is 3.37. The highest BCUT2D eigenvalue weighted by Crippen LogP contribution is 2.08. The number of alkyl halides is 2. The fourth-order valence-corrected chi connectivity index (χ4v) is 0.453. The Hall–Kier alpha value is -0.220. The Labute approximate surface area is 51.8 Å². The molecule has 1 atom stereocenters. The van der Waals surface area contributed by atoms with E-state index in [1.165, 1.54) is 0 Å². The average molecular weight is 138 g/mol. The zero-order chi connectivity index (χ0) is 6.69. The quantitative estimate of drug-likeness (QED) is 0.532. The van der Waals surface area contributed by atoms with Gasteiger partial charge < -0.3 is 9.47 Å². The average Bonchev–Trinajstić information content (AvgIpc) is 2.48. The number of ether oxygens (including phenoxy) is 2. The maximum atomic E-state index is 11.3. The lowest BCUT2D eigenvalue weighted by molar-refractivity contribution is 0.0122. The second kappa shape index (κ2) is 3.08. The first-order valence-corrected chi connectivity index (χ1v) is 2.76. The van der Waals surface area contributed by atoms with E-state index in [-0.39, 0.29) is 6.10 Å². The SMILES string of the molecule is FC(F)COC[C@H]1CO1. The molecule has 4 heteroatoms. The predicted molar refractivity (Wildman–Crippen MR) is 26.6 cm³/mol. The second-order valence-corrected chi connectivity index (χ2v) is 1.88. The van der Waals surface area contributed by atoms with Gasteiger partial charge in [0.05, 0.1) is 13.2 Å². The van der Waals surface area contributed by atoms with Gasteiger partial charge in [-0.05, 0) is 0 Å². The Morgan fingerprint density at radius 2 is 2.33 bits per heavy atom. The molecule has 0 aromatic heterocycles. The van der Waals surface area contributed by atoms with Gasteiger partial charge in [0.2, 0.25) is 0 Å². The Bertz CT molecular complexity index is 81.0. The highest BCUT2D eigenvalue weighted by Gasteiger charge is 2.22. The fraction of sp³-hybridized carbons (Fsp3) is 1.00. The summed E-state index contributed by atoms with van der Waals surface area (Å²) in [5.74, 6) is 0. The Morgan fingerprint density at radius 3 is 2.78 bits per heavy atom. The van der Waals surface area contributed by atoms with Crippen molar-refractivity contribution in [3.8, 4) is 0 Å². The van der Waals surface area contributed by atoms with Gasteiger partial charge in [-0.15, -0.1) is 0 Å². The Morgan fingerprint density at radius 1 is 1.67 bits per heavy atom. The summed E-state index contributed by atoms with van der Waals surface area (Å²) in [4.78, 5) is 0. The molecule has 1 aliphatic rings. The monoisotopic (exact) mass is 138 g/mol. The first-order valence-electron chi connectivity index (χ1n) is 2.76. The molecule has 0 amide bonds. The van der Waals surface area contributed by atoms with E-state index in [1.54, 1.807) is 0 Å². The molecule has 0 N–H and O–H groups in total. The van der Waals surface area contributed by atoms with Crippen molar-refractivity contribution in [2.45, 2.75) is 12.5 Å². The minimum absolute atomic E-state index is 0.0868. The lowest BCUT2D eigenvalue weighted by atomic mass is 10.5. The standard InChI is InChI=1S/C5H8F2O2/c6-5(7)3-8-1-4-2-9-4/h4-5H,1-3H2/t4-/m0/s1. The third-order valence-corrected chi connectivity index (χ3v) is 0.950. The minimum atomic E-state index is -2.36. The topological polar surface area (TPSA) is 21.8 Å². The lowest BCUT2D eigenvalue weighted by Crippen LogP contribution is -2.08. The van der Waals surface area contributed by atoms with Gasteiger partial charge in [0.25, 0.3) is 6.43 Å². The van der Waals surface area contributed by atoms with Gasteiger partial charge in [0.1, 0.15) is 12.7 Å². The molecule has 54 valence electrons. The van der Waals surface area contributed by atoms with Crippen LogP contribution in [0.4, 0.5) is 8.78 Å². The largest absolute Gasteiger partial charge is 0.373 e. The number of rotatable bonds is 4. The molecule has 2 nitrogen and oxygen atoms in total. The number of halogens is 2. The van der Waals surface area contributed by atoms with E-state index in [0.29, 0.717) is 13.2 Å². The van der Waals surface area contributed by atoms with Crippen LogP contribution < -0.4 is 0 Å². The van der Waals surface area contributed by atoms with E-state index in [0.717, 1.165) is 0 Å². The molecule has 0 aromatic carbocycles. The maximum absolute atomic E-state index is 11.3. The molecule has 0 aliphatic carbocycles.